The molecule has 0 spiro atoms. The number of ether oxygens (including phenoxy) is 1. The van der Waals surface area contributed by atoms with Crippen LogP contribution < -0.4 is 9.64 Å². The zero-order valence-corrected chi connectivity index (χ0v) is 14.0. The molecule has 0 aromatic heterocycles. The van der Waals surface area contributed by atoms with E-state index in [0.717, 1.165) is 23.0 Å². The summed E-state index contributed by atoms with van der Waals surface area (Å²) in [5.74, 6) is 0.684. The number of benzene rings is 2. The minimum Gasteiger partial charge on any atom is -0.483 e. The van der Waals surface area contributed by atoms with Gasteiger partial charge in [0, 0.05) is 11.7 Å². The van der Waals surface area contributed by atoms with Crippen molar-refractivity contribution in [1.29, 1.82) is 0 Å². The van der Waals surface area contributed by atoms with Crippen molar-refractivity contribution in [2.45, 2.75) is 25.8 Å². The standard InChI is InChI=1S/C18H18BrNO2/c1-13-10-11-14-6-2-4-8-16(14)20(13)18(21)12-22-17-9-5-3-7-15(17)19/h2-9,13H,10-12H2,1H3. The lowest BCUT2D eigenvalue weighted by Gasteiger charge is -2.35. The van der Waals surface area contributed by atoms with Gasteiger partial charge in [-0.1, -0.05) is 30.3 Å². The molecule has 1 aliphatic rings. The molecule has 0 N–H and O–H groups in total. The summed E-state index contributed by atoms with van der Waals surface area (Å²) in [5.41, 5.74) is 2.25. The molecule has 22 heavy (non-hydrogen) atoms. The normalized spacial score (nSPS) is 17.0. The van der Waals surface area contributed by atoms with Crippen LogP contribution in [0.15, 0.2) is 53.0 Å². The molecule has 3 nitrogen and oxygen atoms in total. The summed E-state index contributed by atoms with van der Waals surface area (Å²) in [5, 5.41) is 0. The van der Waals surface area contributed by atoms with E-state index in [0.29, 0.717) is 5.75 Å². The molecule has 1 aliphatic heterocycles. The number of halogens is 1. The molecule has 0 bridgehead atoms. The molecule has 1 unspecified atom stereocenters. The molecule has 4 heteroatoms. The molecule has 0 radical (unpaired) electrons. The molecule has 1 amide bonds. The van der Waals surface area contributed by atoms with E-state index in [4.69, 9.17) is 4.74 Å². The van der Waals surface area contributed by atoms with Crippen molar-refractivity contribution in [3.63, 3.8) is 0 Å². The monoisotopic (exact) mass is 359 g/mol. The van der Waals surface area contributed by atoms with Crippen LogP contribution in [0.4, 0.5) is 5.69 Å². The first-order valence-electron chi connectivity index (χ1n) is 7.44. The number of carbonyl (C=O) groups is 1. The van der Waals surface area contributed by atoms with Crippen molar-refractivity contribution in [2.24, 2.45) is 0 Å². The third-order valence-corrected chi connectivity index (χ3v) is 4.63. The van der Waals surface area contributed by atoms with Gasteiger partial charge in [-0.25, -0.2) is 0 Å². The lowest BCUT2D eigenvalue weighted by molar-refractivity contribution is -0.121. The van der Waals surface area contributed by atoms with Crippen molar-refractivity contribution in [3.05, 3.63) is 58.6 Å². The Hall–Kier alpha value is -1.81. The van der Waals surface area contributed by atoms with Gasteiger partial charge in [0.1, 0.15) is 5.75 Å². The van der Waals surface area contributed by atoms with E-state index in [2.05, 4.69) is 28.9 Å². The highest BCUT2D eigenvalue weighted by Crippen LogP contribution is 2.31. The summed E-state index contributed by atoms with van der Waals surface area (Å²) < 4.78 is 6.53. The van der Waals surface area contributed by atoms with Gasteiger partial charge < -0.3 is 9.64 Å². The molecular weight excluding hydrogens is 342 g/mol. The van der Waals surface area contributed by atoms with Gasteiger partial charge in [0.05, 0.1) is 4.47 Å². The van der Waals surface area contributed by atoms with Gasteiger partial charge in [0.2, 0.25) is 0 Å². The minimum atomic E-state index is -0.00426. The van der Waals surface area contributed by atoms with Crippen LogP contribution in [0.1, 0.15) is 18.9 Å². The molecule has 114 valence electrons. The van der Waals surface area contributed by atoms with Crippen LogP contribution in [0.5, 0.6) is 5.75 Å². The van der Waals surface area contributed by atoms with Gasteiger partial charge in [-0.15, -0.1) is 0 Å². The van der Waals surface area contributed by atoms with Gasteiger partial charge >= 0.3 is 0 Å². The average Bonchev–Trinajstić information content (AvgIpc) is 2.53. The van der Waals surface area contributed by atoms with E-state index < -0.39 is 0 Å². The second-order valence-corrected chi connectivity index (χ2v) is 6.35. The number of amides is 1. The number of aryl methyl sites for hydroxylation is 1. The zero-order chi connectivity index (χ0) is 15.5. The van der Waals surface area contributed by atoms with E-state index in [-0.39, 0.29) is 18.6 Å². The number of hydrogen-bond acceptors (Lipinski definition) is 2. The fourth-order valence-electron chi connectivity index (χ4n) is 2.84. The van der Waals surface area contributed by atoms with Gasteiger partial charge in [-0.3, -0.25) is 4.79 Å². The third kappa shape index (κ3) is 3.02. The highest BCUT2D eigenvalue weighted by Gasteiger charge is 2.28. The second kappa shape index (κ2) is 6.53. The molecule has 0 saturated heterocycles. The number of carbonyl (C=O) groups excluding carboxylic acids is 1. The molecule has 2 aromatic carbocycles. The summed E-state index contributed by atoms with van der Waals surface area (Å²) in [6.45, 7) is 2.13. The number of hydrogen-bond donors (Lipinski definition) is 0. The van der Waals surface area contributed by atoms with Crippen LogP contribution in [-0.2, 0) is 11.2 Å². The molecular formula is C18H18BrNO2. The lowest BCUT2D eigenvalue weighted by Crippen LogP contribution is -2.44. The highest BCUT2D eigenvalue weighted by atomic mass is 79.9. The Morgan fingerprint density at radius 3 is 2.77 bits per heavy atom. The first kappa shape index (κ1) is 15.1. The van der Waals surface area contributed by atoms with E-state index in [1.54, 1.807) is 0 Å². The fraction of sp³-hybridized carbons (Fsp3) is 0.278. The van der Waals surface area contributed by atoms with Gasteiger partial charge in [-0.05, 0) is 59.5 Å². The average molecular weight is 360 g/mol. The van der Waals surface area contributed by atoms with E-state index in [1.807, 2.05) is 47.4 Å². The number of nitrogens with zero attached hydrogens (tertiary/aromatic N) is 1. The summed E-state index contributed by atoms with van der Waals surface area (Å²) in [4.78, 5) is 14.5. The van der Waals surface area contributed by atoms with Gasteiger partial charge in [-0.2, -0.15) is 0 Å². The molecule has 0 fully saturated rings. The van der Waals surface area contributed by atoms with Crippen LogP contribution in [0.3, 0.4) is 0 Å². The van der Waals surface area contributed by atoms with Gasteiger partial charge in [0.25, 0.3) is 5.91 Å². The maximum Gasteiger partial charge on any atom is 0.265 e. The Kier molecular flexibility index (Phi) is 4.48. The van der Waals surface area contributed by atoms with Gasteiger partial charge in [0.15, 0.2) is 6.61 Å². The summed E-state index contributed by atoms with van der Waals surface area (Å²) in [6, 6.07) is 15.9. The Morgan fingerprint density at radius 1 is 1.23 bits per heavy atom. The smallest absolute Gasteiger partial charge is 0.265 e. The Balaban J connectivity index is 1.76. The number of fused-ring (bicyclic) bond motifs is 1. The molecule has 1 heterocycles. The van der Waals surface area contributed by atoms with E-state index in [1.165, 1.54) is 5.56 Å². The van der Waals surface area contributed by atoms with Crippen LogP contribution >= 0.6 is 15.9 Å². The Labute approximate surface area is 139 Å². The summed E-state index contributed by atoms with van der Waals surface area (Å²) >= 11 is 3.43. The van der Waals surface area contributed by atoms with Crippen LogP contribution in [0, 0.1) is 0 Å². The summed E-state index contributed by atoms with van der Waals surface area (Å²) in [7, 11) is 0. The van der Waals surface area contributed by atoms with Crippen molar-refractivity contribution < 1.29 is 9.53 Å². The molecule has 1 atom stereocenters. The molecule has 0 aliphatic carbocycles. The van der Waals surface area contributed by atoms with Crippen molar-refractivity contribution in [3.8, 4) is 5.75 Å². The zero-order valence-electron chi connectivity index (χ0n) is 12.5. The van der Waals surface area contributed by atoms with Crippen molar-refractivity contribution >= 4 is 27.5 Å². The second-order valence-electron chi connectivity index (χ2n) is 5.50. The van der Waals surface area contributed by atoms with E-state index >= 15 is 0 Å². The molecule has 0 saturated carbocycles. The third-order valence-electron chi connectivity index (χ3n) is 3.98. The molecule has 3 rings (SSSR count). The number of rotatable bonds is 3. The first-order valence-corrected chi connectivity index (χ1v) is 8.23. The summed E-state index contributed by atoms with van der Waals surface area (Å²) in [6.07, 6.45) is 2.00. The van der Waals surface area contributed by atoms with Crippen LogP contribution in [-0.4, -0.2) is 18.6 Å². The maximum absolute atomic E-state index is 12.6. The lowest BCUT2D eigenvalue weighted by atomic mass is 9.96. The number of anilines is 1. The first-order chi connectivity index (χ1) is 10.7. The highest BCUT2D eigenvalue weighted by molar-refractivity contribution is 9.10. The molecule has 2 aromatic rings. The number of para-hydroxylation sites is 2. The SMILES string of the molecule is CC1CCc2ccccc2N1C(=O)COc1ccccc1Br. The predicted molar refractivity (Wildman–Crippen MR) is 91.3 cm³/mol. The largest absolute Gasteiger partial charge is 0.483 e. The van der Waals surface area contributed by atoms with E-state index in [9.17, 15) is 4.79 Å². The van der Waals surface area contributed by atoms with Crippen LogP contribution in [0.2, 0.25) is 0 Å². The maximum atomic E-state index is 12.6. The quantitative estimate of drug-likeness (QED) is 0.821. The Bertz CT molecular complexity index is 686. The van der Waals surface area contributed by atoms with Crippen molar-refractivity contribution in [2.75, 3.05) is 11.5 Å². The minimum absolute atomic E-state index is 0.00426. The van der Waals surface area contributed by atoms with Crippen molar-refractivity contribution in [1.82, 2.24) is 0 Å². The Morgan fingerprint density at radius 2 is 1.95 bits per heavy atom. The fourth-order valence-corrected chi connectivity index (χ4v) is 3.24. The topological polar surface area (TPSA) is 29.5 Å². The predicted octanol–water partition coefficient (Wildman–Crippen LogP) is 4.20. The van der Waals surface area contributed by atoms with Crippen LogP contribution in [0.25, 0.3) is 0 Å².